The van der Waals surface area contributed by atoms with Gasteiger partial charge in [-0.25, -0.2) is 19.6 Å². The first kappa shape index (κ1) is 13.2. The Balaban J connectivity index is 1.92. The number of halogens is 2. The van der Waals surface area contributed by atoms with Gasteiger partial charge in [0, 0.05) is 30.6 Å². The van der Waals surface area contributed by atoms with Gasteiger partial charge in [0.05, 0.1) is 0 Å². The van der Waals surface area contributed by atoms with Crippen LogP contribution in [-0.4, -0.2) is 11.5 Å². The first-order valence-corrected chi connectivity index (χ1v) is 5.79. The fourth-order valence-electron chi connectivity index (χ4n) is 1.73. The predicted octanol–water partition coefficient (Wildman–Crippen LogP) is 2.30. The van der Waals surface area contributed by atoms with Gasteiger partial charge in [0.15, 0.2) is 0 Å². The number of aromatic nitrogens is 1. The predicted molar refractivity (Wildman–Crippen MR) is 70.6 cm³/mol. The normalized spacial score (nSPS) is 10.3. The van der Waals surface area contributed by atoms with Crippen LogP contribution in [0.1, 0.15) is 5.56 Å². The van der Waals surface area contributed by atoms with E-state index in [1.54, 1.807) is 18.3 Å². The molecule has 0 atom stereocenters. The highest BCUT2D eigenvalue weighted by molar-refractivity contribution is 5.51. The molecule has 19 heavy (non-hydrogen) atoms. The summed E-state index contributed by atoms with van der Waals surface area (Å²) < 4.78 is 26.0. The summed E-state index contributed by atoms with van der Waals surface area (Å²) in [4.78, 5) is 3.97. The van der Waals surface area contributed by atoms with Crippen LogP contribution < -0.4 is 16.6 Å². The Hall–Kier alpha value is -2.21. The van der Waals surface area contributed by atoms with Crippen molar-refractivity contribution < 1.29 is 8.78 Å². The quantitative estimate of drug-likeness (QED) is 0.573. The van der Waals surface area contributed by atoms with Crippen LogP contribution in [0.5, 0.6) is 0 Å². The van der Waals surface area contributed by atoms with Crippen LogP contribution >= 0.6 is 0 Å². The third kappa shape index (κ3) is 3.89. The fourth-order valence-corrected chi connectivity index (χ4v) is 1.73. The lowest BCUT2D eigenvalue weighted by molar-refractivity contribution is 0.580. The standard InChI is InChI=1S/C13H14F2N4/c14-10-5-9(6-11(15)7-10)1-3-17-12-2-4-18-13(8-12)19-16/h2,4-8H,1,3,16H2,(H2,17,18,19). The maximum atomic E-state index is 13.0. The molecule has 0 fully saturated rings. The molecule has 0 aliphatic carbocycles. The molecule has 0 saturated heterocycles. The zero-order valence-electron chi connectivity index (χ0n) is 10.2. The molecule has 2 aromatic rings. The van der Waals surface area contributed by atoms with E-state index in [1.165, 1.54) is 12.1 Å². The molecule has 1 aromatic carbocycles. The smallest absolute Gasteiger partial charge is 0.141 e. The van der Waals surface area contributed by atoms with E-state index in [9.17, 15) is 8.78 Å². The number of rotatable bonds is 5. The van der Waals surface area contributed by atoms with Crippen LogP contribution in [0.15, 0.2) is 36.5 Å². The van der Waals surface area contributed by atoms with E-state index in [4.69, 9.17) is 5.84 Å². The van der Waals surface area contributed by atoms with Crippen LogP contribution in [0.3, 0.4) is 0 Å². The third-order valence-corrected chi connectivity index (χ3v) is 2.57. The van der Waals surface area contributed by atoms with Crippen LogP contribution in [0.25, 0.3) is 0 Å². The fraction of sp³-hybridized carbons (Fsp3) is 0.154. The molecule has 0 spiro atoms. The van der Waals surface area contributed by atoms with Crippen molar-refractivity contribution in [1.29, 1.82) is 0 Å². The highest BCUT2D eigenvalue weighted by Gasteiger charge is 2.01. The minimum absolute atomic E-state index is 0.516. The first-order valence-electron chi connectivity index (χ1n) is 5.79. The molecule has 0 aliphatic heterocycles. The second-order valence-corrected chi connectivity index (χ2v) is 4.03. The van der Waals surface area contributed by atoms with Gasteiger partial charge in [-0.3, -0.25) is 0 Å². The summed E-state index contributed by atoms with van der Waals surface area (Å²) in [5, 5.41) is 3.13. The Morgan fingerprint density at radius 3 is 2.53 bits per heavy atom. The second-order valence-electron chi connectivity index (χ2n) is 4.03. The van der Waals surface area contributed by atoms with Crippen molar-refractivity contribution in [2.75, 3.05) is 17.3 Å². The van der Waals surface area contributed by atoms with E-state index in [0.29, 0.717) is 24.3 Å². The number of nitrogens with one attached hydrogen (secondary N) is 2. The number of hydrogen-bond donors (Lipinski definition) is 3. The number of hydrogen-bond acceptors (Lipinski definition) is 4. The van der Waals surface area contributed by atoms with Crippen LogP contribution in [0.2, 0.25) is 0 Å². The van der Waals surface area contributed by atoms with E-state index in [0.717, 1.165) is 11.8 Å². The van der Waals surface area contributed by atoms with Crippen LogP contribution in [0, 0.1) is 11.6 Å². The van der Waals surface area contributed by atoms with Crippen molar-refractivity contribution in [3.05, 3.63) is 53.7 Å². The monoisotopic (exact) mass is 264 g/mol. The van der Waals surface area contributed by atoms with Crippen LogP contribution in [0.4, 0.5) is 20.3 Å². The molecule has 1 heterocycles. The summed E-state index contributed by atoms with van der Waals surface area (Å²) in [6.45, 7) is 0.552. The first-order chi connectivity index (χ1) is 9.17. The molecule has 2 rings (SSSR count). The minimum atomic E-state index is -0.562. The van der Waals surface area contributed by atoms with Crippen molar-refractivity contribution in [1.82, 2.24) is 4.98 Å². The number of benzene rings is 1. The summed E-state index contributed by atoms with van der Waals surface area (Å²) in [6, 6.07) is 7.03. The number of nitrogen functional groups attached to an aromatic ring is 1. The van der Waals surface area contributed by atoms with Gasteiger partial charge >= 0.3 is 0 Å². The lowest BCUT2D eigenvalue weighted by Crippen LogP contribution is -2.10. The molecule has 1 aromatic heterocycles. The summed E-state index contributed by atoms with van der Waals surface area (Å²) in [5.41, 5.74) is 3.88. The molecule has 4 N–H and O–H groups in total. The minimum Gasteiger partial charge on any atom is -0.385 e. The van der Waals surface area contributed by atoms with E-state index < -0.39 is 11.6 Å². The summed E-state index contributed by atoms with van der Waals surface area (Å²) in [5.74, 6) is 4.67. The summed E-state index contributed by atoms with van der Waals surface area (Å²) in [6.07, 6.45) is 2.13. The molecule has 0 unspecified atom stereocenters. The molecular weight excluding hydrogens is 250 g/mol. The molecule has 100 valence electrons. The molecule has 0 radical (unpaired) electrons. The topological polar surface area (TPSA) is 63.0 Å². The molecule has 0 aliphatic rings. The second kappa shape index (κ2) is 6.10. The van der Waals surface area contributed by atoms with Crippen molar-refractivity contribution in [2.45, 2.75) is 6.42 Å². The molecular formula is C13H14F2N4. The molecule has 4 nitrogen and oxygen atoms in total. The Bertz CT molecular complexity index is 540. The van der Waals surface area contributed by atoms with Gasteiger partial charge in [-0.15, -0.1) is 0 Å². The van der Waals surface area contributed by atoms with Gasteiger partial charge in [0.2, 0.25) is 0 Å². The molecule has 0 amide bonds. The van der Waals surface area contributed by atoms with Gasteiger partial charge in [0.25, 0.3) is 0 Å². The zero-order valence-corrected chi connectivity index (χ0v) is 10.2. The lowest BCUT2D eigenvalue weighted by Gasteiger charge is -2.08. The van der Waals surface area contributed by atoms with Crippen molar-refractivity contribution in [2.24, 2.45) is 5.84 Å². The number of nitrogens with two attached hydrogens (primary N) is 1. The average molecular weight is 264 g/mol. The summed E-state index contributed by atoms with van der Waals surface area (Å²) >= 11 is 0. The largest absolute Gasteiger partial charge is 0.385 e. The number of hydrazine groups is 1. The Morgan fingerprint density at radius 1 is 1.11 bits per heavy atom. The maximum absolute atomic E-state index is 13.0. The number of pyridine rings is 1. The highest BCUT2D eigenvalue weighted by atomic mass is 19.1. The average Bonchev–Trinajstić information content (AvgIpc) is 2.38. The van der Waals surface area contributed by atoms with Gasteiger partial charge in [-0.2, -0.15) is 0 Å². The number of anilines is 2. The Morgan fingerprint density at radius 2 is 1.84 bits per heavy atom. The zero-order chi connectivity index (χ0) is 13.7. The van der Waals surface area contributed by atoms with Crippen molar-refractivity contribution in [3.63, 3.8) is 0 Å². The Labute approximate surface area is 109 Å². The van der Waals surface area contributed by atoms with Gasteiger partial charge < -0.3 is 10.7 Å². The highest BCUT2D eigenvalue weighted by Crippen LogP contribution is 2.12. The van der Waals surface area contributed by atoms with Crippen molar-refractivity contribution >= 4 is 11.5 Å². The maximum Gasteiger partial charge on any atom is 0.141 e. The molecule has 0 saturated carbocycles. The van der Waals surface area contributed by atoms with Gasteiger partial charge in [-0.1, -0.05) is 0 Å². The third-order valence-electron chi connectivity index (χ3n) is 2.57. The van der Waals surface area contributed by atoms with E-state index in [-0.39, 0.29) is 0 Å². The van der Waals surface area contributed by atoms with Gasteiger partial charge in [-0.05, 0) is 30.2 Å². The van der Waals surface area contributed by atoms with E-state index >= 15 is 0 Å². The van der Waals surface area contributed by atoms with Gasteiger partial charge in [0.1, 0.15) is 17.5 Å². The molecule has 0 bridgehead atoms. The Kier molecular flexibility index (Phi) is 4.25. The van der Waals surface area contributed by atoms with Crippen molar-refractivity contribution in [3.8, 4) is 0 Å². The summed E-state index contributed by atoms with van der Waals surface area (Å²) in [7, 11) is 0. The number of nitrogens with zero attached hydrogens (tertiary/aromatic N) is 1. The van der Waals surface area contributed by atoms with E-state index in [2.05, 4.69) is 15.7 Å². The SMILES string of the molecule is NNc1cc(NCCc2cc(F)cc(F)c2)ccn1. The van der Waals surface area contributed by atoms with E-state index in [1.807, 2.05) is 0 Å². The molecule has 6 heteroatoms. The van der Waals surface area contributed by atoms with Crippen LogP contribution in [-0.2, 0) is 6.42 Å². The lowest BCUT2D eigenvalue weighted by atomic mass is 10.1.